The predicted molar refractivity (Wildman–Crippen MR) is 84.4 cm³/mol. The highest BCUT2D eigenvalue weighted by atomic mass is 35.5. The molecule has 0 radical (unpaired) electrons. The molecule has 2 rings (SSSR count). The molecule has 0 amide bonds. The van der Waals surface area contributed by atoms with Gasteiger partial charge in [-0.1, -0.05) is 17.7 Å². The van der Waals surface area contributed by atoms with E-state index in [1.165, 1.54) is 19.2 Å². The van der Waals surface area contributed by atoms with Crippen molar-refractivity contribution >= 4 is 33.0 Å². The Morgan fingerprint density at radius 3 is 2.48 bits per heavy atom. The van der Waals surface area contributed by atoms with Crippen LogP contribution in [0, 0.1) is 6.92 Å². The second-order valence-corrected chi connectivity index (χ2v) is 6.55. The smallest absolute Gasteiger partial charge is 0.263 e. The van der Waals surface area contributed by atoms with Crippen LogP contribution in [0.3, 0.4) is 0 Å². The third-order valence-electron chi connectivity index (χ3n) is 2.86. The highest BCUT2D eigenvalue weighted by Crippen LogP contribution is 2.29. The lowest BCUT2D eigenvalue weighted by Crippen LogP contribution is -2.14. The van der Waals surface area contributed by atoms with Crippen LogP contribution in [0.5, 0.6) is 5.75 Å². The van der Waals surface area contributed by atoms with Crippen LogP contribution in [0.2, 0.25) is 5.02 Å². The van der Waals surface area contributed by atoms with E-state index in [0.717, 1.165) is 5.56 Å². The summed E-state index contributed by atoms with van der Waals surface area (Å²) in [5, 5.41) is 0.314. The number of hydrogen-bond donors (Lipinski definition) is 2. The zero-order valence-electron chi connectivity index (χ0n) is 11.6. The summed E-state index contributed by atoms with van der Waals surface area (Å²) in [5.74, 6) is 0.467. The number of nitrogen functional groups attached to an aromatic ring is 1. The molecule has 0 aliphatic heterocycles. The maximum Gasteiger partial charge on any atom is 0.263 e. The number of nitrogens with two attached hydrogens (primary N) is 1. The van der Waals surface area contributed by atoms with E-state index in [2.05, 4.69) is 4.72 Å². The largest absolute Gasteiger partial charge is 0.495 e. The lowest BCUT2D eigenvalue weighted by atomic mass is 10.2. The first-order chi connectivity index (χ1) is 9.83. The van der Waals surface area contributed by atoms with Gasteiger partial charge in [-0.3, -0.25) is 4.72 Å². The molecule has 112 valence electrons. The Balaban J connectivity index is 2.35. The Hall–Kier alpha value is -1.92. The number of rotatable bonds is 4. The maximum atomic E-state index is 12.3. The number of nitrogens with one attached hydrogen (secondary N) is 1. The molecule has 5 nitrogen and oxygen atoms in total. The number of anilines is 2. The standard InChI is InChI=1S/C14H15ClN2O3S/c1-9-3-6-14(12(16)7-9)21(18,19)17-10-4-5-13(20-2)11(15)8-10/h3-8,17H,16H2,1-2H3. The number of methoxy groups -OCH3 is 1. The van der Waals surface area contributed by atoms with Crippen molar-refractivity contribution in [3.63, 3.8) is 0 Å². The predicted octanol–water partition coefficient (Wildman–Crippen LogP) is 3.04. The number of sulfonamides is 1. The molecule has 0 fully saturated rings. The van der Waals surface area contributed by atoms with Gasteiger partial charge >= 0.3 is 0 Å². The number of hydrogen-bond acceptors (Lipinski definition) is 4. The molecule has 0 atom stereocenters. The summed E-state index contributed by atoms with van der Waals surface area (Å²) < 4.78 is 32.1. The van der Waals surface area contributed by atoms with Gasteiger partial charge in [-0.2, -0.15) is 0 Å². The van der Waals surface area contributed by atoms with Gasteiger partial charge in [0.15, 0.2) is 0 Å². The van der Waals surface area contributed by atoms with Crippen molar-refractivity contribution in [3.8, 4) is 5.75 Å². The second-order valence-electron chi connectivity index (χ2n) is 4.50. The minimum atomic E-state index is -3.77. The highest BCUT2D eigenvalue weighted by Gasteiger charge is 2.18. The van der Waals surface area contributed by atoms with Gasteiger partial charge < -0.3 is 10.5 Å². The van der Waals surface area contributed by atoms with E-state index >= 15 is 0 Å². The number of benzene rings is 2. The van der Waals surface area contributed by atoms with Crippen LogP contribution in [0.15, 0.2) is 41.3 Å². The zero-order chi connectivity index (χ0) is 15.6. The summed E-state index contributed by atoms with van der Waals surface area (Å²) in [6, 6.07) is 9.38. The first-order valence-electron chi connectivity index (χ1n) is 6.06. The van der Waals surface area contributed by atoms with Crippen molar-refractivity contribution < 1.29 is 13.2 Å². The molecule has 0 saturated carbocycles. The topological polar surface area (TPSA) is 81.4 Å². The first kappa shape index (κ1) is 15.5. The van der Waals surface area contributed by atoms with E-state index in [0.29, 0.717) is 16.5 Å². The molecule has 0 spiro atoms. The lowest BCUT2D eigenvalue weighted by Gasteiger charge is -2.12. The summed E-state index contributed by atoms with van der Waals surface area (Å²) in [6.07, 6.45) is 0. The van der Waals surface area contributed by atoms with Gasteiger partial charge in [0.2, 0.25) is 0 Å². The van der Waals surface area contributed by atoms with E-state index < -0.39 is 10.0 Å². The summed E-state index contributed by atoms with van der Waals surface area (Å²) in [4.78, 5) is 0.0278. The fourth-order valence-corrected chi connectivity index (χ4v) is 3.27. The molecule has 2 aromatic carbocycles. The first-order valence-corrected chi connectivity index (χ1v) is 7.92. The van der Waals surface area contributed by atoms with E-state index in [4.69, 9.17) is 22.1 Å². The van der Waals surface area contributed by atoms with Crippen LogP contribution in [0.1, 0.15) is 5.56 Å². The number of aryl methyl sites for hydroxylation is 1. The van der Waals surface area contributed by atoms with Gasteiger partial charge in [-0.15, -0.1) is 0 Å². The van der Waals surface area contributed by atoms with Crippen LogP contribution >= 0.6 is 11.6 Å². The zero-order valence-corrected chi connectivity index (χ0v) is 13.1. The Morgan fingerprint density at radius 2 is 1.90 bits per heavy atom. The van der Waals surface area contributed by atoms with E-state index in [1.54, 1.807) is 24.3 Å². The Morgan fingerprint density at radius 1 is 1.19 bits per heavy atom. The average Bonchev–Trinajstić information content (AvgIpc) is 2.37. The van der Waals surface area contributed by atoms with Gasteiger partial charge in [0.25, 0.3) is 10.0 Å². The number of halogens is 1. The average molecular weight is 327 g/mol. The molecule has 0 heterocycles. The van der Waals surface area contributed by atoms with Crippen molar-refractivity contribution in [2.45, 2.75) is 11.8 Å². The van der Waals surface area contributed by atoms with Gasteiger partial charge in [0.05, 0.1) is 23.5 Å². The molecule has 3 N–H and O–H groups in total. The fourth-order valence-electron chi connectivity index (χ4n) is 1.85. The van der Waals surface area contributed by atoms with Gasteiger partial charge in [-0.05, 0) is 42.8 Å². The Bertz CT molecular complexity index is 776. The normalized spacial score (nSPS) is 11.2. The fraction of sp³-hybridized carbons (Fsp3) is 0.143. The van der Waals surface area contributed by atoms with Crippen LogP contribution in [-0.2, 0) is 10.0 Å². The molecule has 0 aromatic heterocycles. The third kappa shape index (κ3) is 3.40. The molecular weight excluding hydrogens is 312 g/mol. The van der Waals surface area contributed by atoms with E-state index in [9.17, 15) is 8.42 Å². The van der Waals surface area contributed by atoms with Crippen LogP contribution in [0.25, 0.3) is 0 Å². The molecule has 0 aliphatic carbocycles. The highest BCUT2D eigenvalue weighted by molar-refractivity contribution is 7.92. The summed E-state index contributed by atoms with van der Waals surface area (Å²) in [7, 11) is -2.29. The monoisotopic (exact) mass is 326 g/mol. The van der Waals surface area contributed by atoms with Crippen molar-refractivity contribution in [1.82, 2.24) is 0 Å². The third-order valence-corrected chi connectivity index (χ3v) is 4.61. The summed E-state index contributed by atoms with van der Waals surface area (Å²) in [6.45, 7) is 1.84. The molecule has 0 unspecified atom stereocenters. The summed E-state index contributed by atoms with van der Waals surface area (Å²) in [5.41, 5.74) is 7.19. The van der Waals surface area contributed by atoms with Gasteiger partial charge in [-0.25, -0.2) is 8.42 Å². The van der Waals surface area contributed by atoms with Crippen molar-refractivity contribution in [1.29, 1.82) is 0 Å². The minimum Gasteiger partial charge on any atom is -0.495 e. The second kappa shape index (κ2) is 5.83. The van der Waals surface area contributed by atoms with Crippen molar-refractivity contribution in [2.24, 2.45) is 0 Å². The quantitative estimate of drug-likeness (QED) is 0.846. The number of ether oxygens (including phenoxy) is 1. The molecule has 0 bridgehead atoms. The van der Waals surface area contributed by atoms with Gasteiger partial charge in [0.1, 0.15) is 10.6 Å². The van der Waals surface area contributed by atoms with Gasteiger partial charge in [0, 0.05) is 0 Å². The molecule has 2 aromatic rings. The Labute approximate surface area is 128 Å². The SMILES string of the molecule is COc1ccc(NS(=O)(=O)c2ccc(C)cc2N)cc1Cl. The Kier molecular flexibility index (Phi) is 4.29. The van der Waals surface area contributed by atoms with Crippen molar-refractivity contribution in [3.05, 3.63) is 47.0 Å². The molecule has 0 aliphatic rings. The molecular formula is C14H15ClN2O3S. The summed E-state index contributed by atoms with van der Waals surface area (Å²) >= 11 is 5.97. The maximum absolute atomic E-state index is 12.3. The van der Waals surface area contributed by atoms with Crippen molar-refractivity contribution in [2.75, 3.05) is 17.6 Å². The van der Waals surface area contributed by atoms with Crippen LogP contribution in [0.4, 0.5) is 11.4 Å². The van der Waals surface area contributed by atoms with E-state index in [-0.39, 0.29) is 10.6 Å². The minimum absolute atomic E-state index is 0.0278. The van der Waals surface area contributed by atoms with Crippen LogP contribution < -0.4 is 15.2 Å². The van der Waals surface area contributed by atoms with E-state index in [1.807, 2.05) is 6.92 Å². The molecule has 0 saturated heterocycles. The lowest BCUT2D eigenvalue weighted by molar-refractivity contribution is 0.415. The molecule has 21 heavy (non-hydrogen) atoms. The van der Waals surface area contributed by atoms with Crippen LogP contribution in [-0.4, -0.2) is 15.5 Å². The molecule has 7 heteroatoms.